The first kappa shape index (κ1) is 62.4. The van der Waals surface area contributed by atoms with Crippen LogP contribution in [0.1, 0.15) is 86.9 Å². The topological polar surface area (TPSA) is 78.8 Å². The molecule has 0 unspecified atom stereocenters. The van der Waals surface area contributed by atoms with Gasteiger partial charge < -0.3 is 21.4 Å². The third kappa shape index (κ3) is 17.1. The predicted molar refractivity (Wildman–Crippen MR) is 226 cm³/mol. The fourth-order valence-electron chi connectivity index (χ4n) is 7.77. The van der Waals surface area contributed by atoms with Gasteiger partial charge in [-0.05, 0) is 111 Å². The summed E-state index contributed by atoms with van der Waals surface area (Å²) in [6, 6.07) is 19.2. The fourth-order valence-corrected chi connectivity index (χ4v) is 8.15. The Bertz CT molecular complexity index is 2630. The summed E-state index contributed by atoms with van der Waals surface area (Å²) in [6.45, 7) is -0.181. The Balaban J connectivity index is 0.000000387. The largest absolute Gasteiger partial charge is 1.00 e. The van der Waals surface area contributed by atoms with Crippen LogP contribution in [-0.2, 0) is 20.6 Å². The second-order valence-corrected chi connectivity index (χ2v) is 16.6. The van der Waals surface area contributed by atoms with E-state index in [9.17, 15) is 61.5 Å². The van der Waals surface area contributed by atoms with Gasteiger partial charge in [0.1, 0.15) is 45.9 Å². The van der Waals surface area contributed by atoms with E-state index in [0.717, 1.165) is 68.4 Å². The minimum atomic E-state index is -4.62. The maximum atomic E-state index is 14.5. The van der Waals surface area contributed by atoms with Gasteiger partial charge in [0.25, 0.3) is 6.47 Å². The van der Waals surface area contributed by atoms with Crippen molar-refractivity contribution in [1.82, 2.24) is 0 Å². The molecule has 0 spiro atoms. The normalized spacial score (nSPS) is 13.5. The zero-order valence-electron chi connectivity index (χ0n) is 38.4. The van der Waals surface area contributed by atoms with Crippen LogP contribution in [-0.4, -0.2) is 11.6 Å². The molecule has 0 aliphatic heterocycles. The molecular formula is C49H37BrF14K2O5. The fraction of sp³-hybridized carbons (Fsp3) is 0.245. The van der Waals surface area contributed by atoms with Gasteiger partial charge in [0.2, 0.25) is 0 Å². The molecule has 6 aromatic carbocycles. The summed E-state index contributed by atoms with van der Waals surface area (Å²) in [6.07, 6.45) is 4.62. The first-order valence-electron chi connectivity index (χ1n) is 20.6. The molecule has 0 amide bonds. The van der Waals surface area contributed by atoms with E-state index < -0.39 is 91.7 Å². The molecule has 0 atom stereocenters. The van der Waals surface area contributed by atoms with E-state index in [1.165, 1.54) is 18.4 Å². The number of phenolic OH excluding ortho intramolecular Hbond substituents is 1. The van der Waals surface area contributed by atoms with Gasteiger partial charge in [-0.3, -0.25) is 4.79 Å². The number of halogens is 15. The summed E-state index contributed by atoms with van der Waals surface area (Å²) in [4.78, 5) is 7.52. The number of alkyl halides is 5. The zero-order valence-corrected chi connectivity index (χ0v) is 45.2. The standard InChI is InChI=1S/C24H17F7O.C18H15BrF4.C6H3F3O.CH2O3.2K.H/c25-18-9-16(15-7-5-14(6-8-15)13-3-1-2-4-13)10-19(26)22(18)24(30,31)32-17-11-20(27)23(29)21(28)12-17;19-18(22,23)17-15(20)9-14(10-16(17)21)13-7-5-12(6-8-13)11-3-1-2-4-11;7-4-1-3(10)2-5(8)6(4)9;2-1-4-3;;;/h5-13H,1-4H2;5-11H,1-4H2;1-2,10H;1,3H;;;/q;;;;2*+1;-1/p-1. The average Bonchev–Trinajstić information content (AvgIpc) is 4.03. The number of hydrogen-bond acceptors (Lipinski definition) is 5. The van der Waals surface area contributed by atoms with E-state index in [2.05, 4.69) is 9.62 Å². The Kier molecular flexibility index (Phi) is 24.7. The van der Waals surface area contributed by atoms with Gasteiger partial charge in [-0.2, -0.15) is 17.6 Å². The molecule has 71 heavy (non-hydrogen) atoms. The van der Waals surface area contributed by atoms with Crippen molar-refractivity contribution in [2.75, 3.05) is 0 Å². The van der Waals surface area contributed by atoms with Crippen molar-refractivity contribution in [2.24, 2.45) is 0 Å². The maximum Gasteiger partial charge on any atom is 1.00 e. The molecule has 5 nitrogen and oxygen atoms in total. The Morgan fingerprint density at radius 2 is 0.831 bits per heavy atom. The molecule has 0 radical (unpaired) electrons. The number of aromatic hydroxyl groups is 1. The molecule has 0 heterocycles. The van der Waals surface area contributed by atoms with E-state index in [-0.39, 0.29) is 134 Å². The summed E-state index contributed by atoms with van der Waals surface area (Å²) in [5.74, 6) is -16.3. The first-order chi connectivity index (χ1) is 32.5. The van der Waals surface area contributed by atoms with E-state index in [1.807, 2.05) is 40.2 Å². The van der Waals surface area contributed by atoms with E-state index >= 15 is 0 Å². The van der Waals surface area contributed by atoms with Crippen LogP contribution in [0.3, 0.4) is 0 Å². The van der Waals surface area contributed by atoms with E-state index in [4.69, 9.17) is 15.2 Å². The van der Waals surface area contributed by atoms with Gasteiger partial charge >= 0.3 is 114 Å². The minimum Gasteiger partial charge on any atom is -1.00 e. The number of ether oxygens (including phenoxy) is 1. The van der Waals surface area contributed by atoms with Crippen molar-refractivity contribution in [3.63, 3.8) is 0 Å². The Labute approximate surface area is 492 Å². The zero-order chi connectivity index (χ0) is 50.8. The summed E-state index contributed by atoms with van der Waals surface area (Å²) >= 11 is 2.00. The molecule has 0 saturated heterocycles. The first-order valence-corrected chi connectivity index (χ1v) is 21.4. The Hall–Kier alpha value is -2.88. The predicted octanol–water partition coefficient (Wildman–Crippen LogP) is 8.93. The van der Waals surface area contributed by atoms with Crippen LogP contribution in [0, 0.1) is 58.2 Å². The van der Waals surface area contributed by atoms with Gasteiger partial charge in [-0.25, -0.2) is 43.9 Å². The molecule has 0 bridgehead atoms. The van der Waals surface area contributed by atoms with Crippen LogP contribution >= 0.6 is 15.9 Å². The molecule has 8 rings (SSSR count). The van der Waals surface area contributed by atoms with Crippen molar-refractivity contribution >= 4 is 22.4 Å². The number of carbonyl (C=O) groups is 1. The van der Waals surface area contributed by atoms with Gasteiger partial charge in [0.15, 0.2) is 34.9 Å². The molecule has 2 aliphatic carbocycles. The van der Waals surface area contributed by atoms with Crippen LogP contribution in [0.2, 0.25) is 0 Å². The van der Waals surface area contributed by atoms with Crippen molar-refractivity contribution in [3.8, 4) is 33.8 Å². The summed E-state index contributed by atoms with van der Waals surface area (Å²) in [7, 11) is 0. The van der Waals surface area contributed by atoms with Crippen LogP contribution in [0.25, 0.3) is 22.3 Å². The van der Waals surface area contributed by atoms with Crippen LogP contribution in [0.15, 0.2) is 97.1 Å². The molecule has 0 aromatic heterocycles. The number of phenols is 1. The Morgan fingerprint density at radius 3 is 1.14 bits per heavy atom. The molecule has 370 valence electrons. The average molecular weight is 1130 g/mol. The summed E-state index contributed by atoms with van der Waals surface area (Å²) in [5, 5.41) is 16.9. The SMILES string of the molecule is Fc1cc(-c2ccc(C3CCCC3)cc2)cc(F)c1C(F)(F)Br.Fc1cc(OC(F)(F)c2c(F)cc(-c3ccc(C4CCCC4)cc3)cc2F)cc(F)c1F.O=CO[O-].Oc1cc(F)c(F)c(F)c1.[H-].[K+].[K+]. The second-order valence-electron chi connectivity index (χ2n) is 15.6. The van der Waals surface area contributed by atoms with Crippen molar-refractivity contribution in [1.29, 1.82) is 0 Å². The third-order valence-electron chi connectivity index (χ3n) is 11.0. The van der Waals surface area contributed by atoms with Gasteiger partial charge in [-0.15, -0.1) is 0 Å². The van der Waals surface area contributed by atoms with Crippen LogP contribution < -0.4 is 113 Å². The van der Waals surface area contributed by atoms with Crippen LogP contribution in [0.5, 0.6) is 11.5 Å². The van der Waals surface area contributed by atoms with Crippen LogP contribution in [0.4, 0.5) is 61.5 Å². The monoisotopic (exact) mass is 1130 g/mol. The van der Waals surface area contributed by atoms with Gasteiger partial charge in [0, 0.05) is 24.3 Å². The van der Waals surface area contributed by atoms with Gasteiger partial charge in [0.05, 0.1) is 0 Å². The van der Waals surface area contributed by atoms with E-state index in [0.29, 0.717) is 35.1 Å². The Morgan fingerprint density at radius 1 is 0.521 bits per heavy atom. The van der Waals surface area contributed by atoms with Gasteiger partial charge in [-0.1, -0.05) is 74.2 Å². The second kappa shape index (κ2) is 28.1. The van der Waals surface area contributed by atoms with Crippen molar-refractivity contribution in [2.45, 2.75) is 74.1 Å². The van der Waals surface area contributed by atoms with Crippen molar-refractivity contribution in [3.05, 3.63) is 177 Å². The molecule has 2 fully saturated rings. The third-order valence-corrected chi connectivity index (χ3v) is 11.4. The summed E-state index contributed by atoms with van der Waals surface area (Å²) in [5.41, 5.74) is 0.669. The van der Waals surface area contributed by atoms with E-state index in [1.54, 1.807) is 24.3 Å². The molecular weight excluding hydrogens is 1090 g/mol. The maximum absolute atomic E-state index is 14.5. The number of benzene rings is 6. The molecule has 22 heteroatoms. The molecule has 1 N–H and O–H groups in total. The number of rotatable bonds is 9. The molecule has 2 saturated carbocycles. The smallest absolute Gasteiger partial charge is 1.00 e. The quantitative estimate of drug-likeness (QED) is 0.0298. The molecule has 6 aromatic rings. The van der Waals surface area contributed by atoms with Crippen molar-refractivity contribution < 1.29 is 190 Å². The molecule has 2 aliphatic rings. The number of carbonyl (C=O) groups excluding carboxylic acids is 1. The summed E-state index contributed by atoms with van der Waals surface area (Å²) < 4.78 is 192. The number of hydrogen-bond donors (Lipinski definition) is 1. The minimum absolute atomic E-state index is 0.